The topological polar surface area (TPSA) is 54.4 Å². The first-order chi connectivity index (χ1) is 11.9. The Balaban J connectivity index is 4.79. The number of allylic oxidation sites excluding steroid dienone is 7. The molecule has 0 aliphatic rings. The second-order valence-corrected chi connectivity index (χ2v) is 6.66. The van der Waals surface area contributed by atoms with Crippen molar-refractivity contribution in [2.45, 2.75) is 79.6 Å². The van der Waals surface area contributed by atoms with E-state index in [1.165, 1.54) is 5.57 Å². The zero-order chi connectivity index (χ0) is 19.2. The average molecular weight is 347 g/mol. The molecule has 3 nitrogen and oxygen atoms in total. The Hall–Kier alpha value is -1.90. The minimum absolute atomic E-state index is 0.154. The molecule has 0 aliphatic carbocycles. The molecule has 0 aromatic heterocycles. The predicted octanol–water partition coefficient (Wildman–Crippen LogP) is 6.18. The summed E-state index contributed by atoms with van der Waals surface area (Å²) < 4.78 is 0. The molecule has 0 aromatic rings. The maximum absolute atomic E-state index is 12.4. The summed E-state index contributed by atoms with van der Waals surface area (Å²) in [6, 6.07) is 0. The molecule has 0 radical (unpaired) electrons. The van der Waals surface area contributed by atoms with Crippen molar-refractivity contribution in [3.8, 4) is 0 Å². The zero-order valence-corrected chi connectivity index (χ0v) is 16.5. The van der Waals surface area contributed by atoms with E-state index < -0.39 is 11.6 Å². The summed E-state index contributed by atoms with van der Waals surface area (Å²) in [7, 11) is 0. The van der Waals surface area contributed by atoms with Crippen molar-refractivity contribution in [1.29, 1.82) is 0 Å². The number of hydrogen-bond donors (Lipinski definition) is 1. The Morgan fingerprint density at radius 2 is 1.56 bits per heavy atom. The summed E-state index contributed by atoms with van der Waals surface area (Å²) in [4.78, 5) is 24.7. The Kier molecular flexibility index (Phi) is 12.4. The number of Topliss-reactive ketones (excluding diaryl/α,β-unsaturated/α-hetero) is 2. The Morgan fingerprint density at radius 3 is 2.08 bits per heavy atom. The smallest absolute Gasteiger partial charge is 0.232 e. The third-order valence-corrected chi connectivity index (χ3v) is 4.11. The van der Waals surface area contributed by atoms with E-state index in [2.05, 4.69) is 26.8 Å². The van der Waals surface area contributed by atoms with E-state index in [4.69, 9.17) is 0 Å². The Bertz CT molecular complexity index is 556. The number of unbranched alkanes of at least 4 members (excludes halogenated alkanes) is 2. The molecule has 0 aliphatic heterocycles. The van der Waals surface area contributed by atoms with E-state index in [1.807, 2.05) is 13.0 Å². The molecular formula is C22H34O3. The van der Waals surface area contributed by atoms with Gasteiger partial charge in [0, 0.05) is 5.57 Å². The Morgan fingerprint density at radius 1 is 0.920 bits per heavy atom. The predicted molar refractivity (Wildman–Crippen MR) is 106 cm³/mol. The summed E-state index contributed by atoms with van der Waals surface area (Å²) in [5, 5.41) is 9.38. The summed E-state index contributed by atoms with van der Waals surface area (Å²) in [5.74, 6) is -1.09. The number of carbonyl (C=O) groups excluding carboxylic acids is 2. The molecule has 0 spiro atoms. The minimum atomic E-state index is -0.597. The van der Waals surface area contributed by atoms with Crippen LogP contribution in [0.15, 0.2) is 46.8 Å². The number of rotatable bonds is 12. The van der Waals surface area contributed by atoms with Gasteiger partial charge in [-0.05, 0) is 65.4 Å². The largest absolute Gasteiger partial charge is 0.515 e. The first-order valence-electron chi connectivity index (χ1n) is 9.23. The highest BCUT2D eigenvalue weighted by atomic mass is 16.2. The van der Waals surface area contributed by atoms with E-state index in [0.29, 0.717) is 12.0 Å². The fourth-order valence-electron chi connectivity index (χ4n) is 2.42. The van der Waals surface area contributed by atoms with Crippen molar-refractivity contribution in [2.24, 2.45) is 0 Å². The van der Waals surface area contributed by atoms with Gasteiger partial charge in [-0.25, -0.2) is 0 Å². The molecule has 0 fully saturated rings. The van der Waals surface area contributed by atoms with Gasteiger partial charge in [-0.2, -0.15) is 0 Å². The lowest BCUT2D eigenvalue weighted by Crippen LogP contribution is -2.18. The van der Waals surface area contributed by atoms with Crippen LogP contribution in [0.1, 0.15) is 79.6 Å². The van der Waals surface area contributed by atoms with Crippen LogP contribution in [-0.2, 0) is 9.59 Å². The lowest BCUT2D eigenvalue weighted by atomic mass is 9.95. The second-order valence-electron chi connectivity index (χ2n) is 6.66. The van der Waals surface area contributed by atoms with Gasteiger partial charge in [-0.1, -0.05) is 49.1 Å². The fraction of sp³-hybridized carbons (Fsp3) is 0.545. The third-order valence-electron chi connectivity index (χ3n) is 4.11. The van der Waals surface area contributed by atoms with Gasteiger partial charge in [0.15, 0.2) is 0 Å². The molecular weight excluding hydrogens is 312 g/mol. The highest BCUT2D eigenvalue weighted by Crippen LogP contribution is 2.16. The van der Waals surface area contributed by atoms with E-state index >= 15 is 0 Å². The van der Waals surface area contributed by atoms with Crippen LogP contribution in [0.3, 0.4) is 0 Å². The number of aliphatic hydroxyl groups is 1. The molecule has 0 saturated carbocycles. The van der Waals surface area contributed by atoms with Crippen LogP contribution < -0.4 is 0 Å². The number of carbonyl (C=O) groups is 2. The standard InChI is InChI=1S/C22H34O3/c1-6-8-9-13-19(7-2)21(24)22(25)20(16-23)15-14-18(5)12-10-11-17(3)4/h7,11,14,16,23H,6,8-10,12-13,15H2,1-5H3/b18-14+,19-7-,20-16?. The van der Waals surface area contributed by atoms with Gasteiger partial charge in [0.25, 0.3) is 0 Å². The molecule has 0 amide bonds. The zero-order valence-electron chi connectivity index (χ0n) is 16.5. The van der Waals surface area contributed by atoms with Gasteiger partial charge < -0.3 is 5.11 Å². The second kappa shape index (κ2) is 13.4. The quantitative estimate of drug-likeness (QED) is 0.151. The van der Waals surface area contributed by atoms with Crippen LogP contribution in [0.2, 0.25) is 0 Å². The Labute approximate surface area is 153 Å². The maximum atomic E-state index is 12.4. The highest BCUT2D eigenvalue weighted by Gasteiger charge is 2.21. The van der Waals surface area contributed by atoms with E-state index in [1.54, 1.807) is 13.0 Å². The average Bonchev–Trinajstić information content (AvgIpc) is 2.58. The normalized spacial score (nSPS) is 12.9. The van der Waals surface area contributed by atoms with Crippen molar-refractivity contribution in [3.63, 3.8) is 0 Å². The molecule has 25 heavy (non-hydrogen) atoms. The lowest BCUT2D eigenvalue weighted by Gasteiger charge is -2.07. The number of aliphatic hydroxyl groups excluding tert-OH is 1. The van der Waals surface area contributed by atoms with E-state index in [0.717, 1.165) is 43.9 Å². The molecule has 0 unspecified atom stereocenters. The van der Waals surface area contributed by atoms with Crippen molar-refractivity contribution in [2.75, 3.05) is 0 Å². The van der Waals surface area contributed by atoms with Crippen LogP contribution in [0, 0.1) is 0 Å². The van der Waals surface area contributed by atoms with Gasteiger partial charge in [-0.15, -0.1) is 0 Å². The summed E-state index contributed by atoms with van der Waals surface area (Å²) in [5.41, 5.74) is 3.13. The summed E-state index contributed by atoms with van der Waals surface area (Å²) >= 11 is 0. The van der Waals surface area contributed by atoms with E-state index in [9.17, 15) is 14.7 Å². The molecule has 140 valence electrons. The third kappa shape index (κ3) is 9.85. The van der Waals surface area contributed by atoms with Gasteiger partial charge in [-0.3, -0.25) is 9.59 Å². The molecule has 0 aromatic carbocycles. The van der Waals surface area contributed by atoms with Crippen LogP contribution in [0.4, 0.5) is 0 Å². The van der Waals surface area contributed by atoms with Crippen LogP contribution in [0.5, 0.6) is 0 Å². The van der Waals surface area contributed by atoms with Crippen LogP contribution in [0.25, 0.3) is 0 Å². The molecule has 3 heteroatoms. The summed E-state index contributed by atoms with van der Waals surface area (Å²) in [6.07, 6.45) is 12.3. The van der Waals surface area contributed by atoms with E-state index in [-0.39, 0.29) is 12.0 Å². The van der Waals surface area contributed by atoms with Crippen LogP contribution >= 0.6 is 0 Å². The van der Waals surface area contributed by atoms with Gasteiger partial charge in [0.2, 0.25) is 11.6 Å². The van der Waals surface area contributed by atoms with Gasteiger partial charge in [0.05, 0.1) is 6.26 Å². The van der Waals surface area contributed by atoms with Crippen molar-refractivity contribution in [1.82, 2.24) is 0 Å². The SMILES string of the molecule is C/C=C(/CCCCC)C(=O)C(=O)C(=CO)C/C=C(\C)CCC=C(C)C. The highest BCUT2D eigenvalue weighted by molar-refractivity contribution is 6.48. The monoisotopic (exact) mass is 346 g/mol. The molecule has 0 bridgehead atoms. The first-order valence-corrected chi connectivity index (χ1v) is 9.23. The minimum Gasteiger partial charge on any atom is -0.515 e. The van der Waals surface area contributed by atoms with Crippen LogP contribution in [-0.4, -0.2) is 16.7 Å². The molecule has 0 rings (SSSR count). The van der Waals surface area contributed by atoms with Gasteiger partial charge in [0.1, 0.15) is 0 Å². The molecule has 0 saturated heterocycles. The molecule has 1 N–H and O–H groups in total. The van der Waals surface area contributed by atoms with Crippen molar-refractivity contribution in [3.05, 3.63) is 46.8 Å². The number of ketones is 2. The van der Waals surface area contributed by atoms with Gasteiger partial charge >= 0.3 is 0 Å². The molecule has 0 atom stereocenters. The molecule has 0 heterocycles. The number of hydrogen-bond acceptors (Lipinski definition) is 3. The van der Waals surface area contributed by atoms with Crippen molar-refractivity contribution >= 4 is 11.6 Å². The summed E-state index contributed by atoms with van der Waals surface area (Å²) in [6.45, 7) is 10.0. The lowest BCUT2D eigenvalue weighted by molar-refractivity contribution is -0.132. The first kappa shape index (κ1) is 23.1. The maximum Gasteiger partial charge on any atom is 0.232 e. The fourth-order valence-corrected chi connectivity index (χ4v) is 2.42. The van der Waals surface area contributed by atoms with Crippen molar-refractivity contribution < 1.29 is 14.7 Å².